The van der Waals surface area contributed by atoms with E-state index in [0.29, 0.717) is 18.6 Å². The first-order valence-corrected chi connectivity index (χ1v) is 7.56. The number of ether oxygens (including phenoxy) is 1. The predicted molar refractivity (Wildman–Crippen MR) is 54.8 cm³/mol. The highest BCUT2D eigenvalue weighted by Gasteiger charge is 2.35. The van der Waals surface area contributed by atoms with Gasteiger partial charge in [0, 0.05) is 16.6 Å². The zero-order valence-electron chi connectivity index (χ0n) is 7.99. The summed E-state index contributed by atoms with van der Waals surface area (Å²) < 4.78 is 27.4. The Morgan fingerprint density at radius 1 is 1.29 bits per heavy atom. The molecule has 0 aromatic rings. The van der Waals surface area contributed by atoms with Gasteiger partial charge in [-0.05, 0) is 31.6 Å². The fourth-order valence-electron chi connectivity index (χ4n) is 1.64. The Labute approximate surface area is 89.2 Å². The van der Waals surface area contributed by atoms with E-state index in [2.05, 4.69) is 0 Å². The highest BCUT2D eigenvalue weighted by atomic mass is 35.7. The molecule has 3 nitrogen and oxygen atoms in total. The summed E-state index contributed by atoms with van der Waals surface area (Å²) in [5.41, 5.74) is 0. The first kappa shape index (κ1) is 10.7. The largest absolute Gasteiger partial charge is 0.378 e. The molecule has 5 heteroatoms. The van der Waals surface area contributed by atoms with Crippen LogP contribution in [0.1, 0.15) is 25.7 Å². The topological polar surface area (TPSA) is 43.4 Å². The van der Waals surface area contributed by atoms with Crippen molar-refractivity contribution >= 4 is 19.7 Å². The summed E-state index contributed by atoms with van der Waals surface area (Å²) >= 11 is 0. The summed E-state index contributed by atoms with van der Waals surface area (Å²) in [6, 6.07) is 0. The fraction of sp³-hybridized carbons (Fsp3) is 1.00. The molecule has 0 bridgehead atoms. The number of rotatable bonds is 6. The first-order chi connectivity index (χ1) is 6.54. The van der Waals surface area contributed by atoms with Crippen LogP contribution in [0.3, 0.4) is 0 Å². The molecule has 2 fully saturated rings. The highest BCUT2D eigenvalue weighted by Crippen LogP contribution is 2.39. The third kappa shape index (κ3) is 3.75. The van der Waals surface area contributed by atoms with Crippen LogP contribution < -0.4 is 0 Å². The molecule has 0 aromatic carbocycles. The smallest absolute Gasteiger partial charge is 0.232 e. The lowest BCUT2D eigenvalue weighted by Gasteiger charge is -2.14. The van der Waals surface area contributed by atoms with E-state index in [9.17, 15) is 8.42 Å². The molecule has 1 atom stereocenters. The molecular weight excluding hydrogens is 224 g/mol. The Morgan fingerprint density at radius 2 is 1.93 bits per heavy atom. The van der Waals surface area contributed by atoms with Crippen molar-refractivity contribution < 1.29 is 13.2 Å². The summed E-state index contributed by atoms with van der Waals surface area (Å²) in [4.78, 5) is 0. The van der Waals surface area contributed by atoms with E-state index in [1.54, 1.807) is 0 Å². The Hall–Kier alpha value is 0.200. The Bertz CT molecular complexity index is 293. The van der Waals surface area contributed by atoms with E-state index < -0.39 is 9.05 Å². The van der Waals surface area contributed by atoms with Crippen LogP contribution in [0.15, 0.2) is 0 Å². The molecule has 2 aliphatic rings. The van der Waals surface area contributed by atoms with E-state index in [0.717, 1.165) is 25.7 Å². The summed E-state index contributed by atoms with van der Waals surface area (Å²) in [5, 5.41) is 0. The molecule has 14 heavy (non-hydrogen) atoms. The molecule has 82 valence electrons. The molecule has 0 amide bonds. The Balaban J connectivity index is 1.80. The quantitative estimate of drug-likeness (QED) is 0.663. The summed E-state index contributed by atoms with van der Waals surface area (Å²) in [6.07, 6.45) is 4.92. The van der Waals surface area contributed by atoms with Crippen LogP contribution in [0.4, 0.5) is 0 Å². The molecule has 0 aliphatic heterocycles. The third-order valence-corrected chi connectivity index (χ3v) is 3.98. The predicted octanol–water partition coefficient (Wildman–Crippen LogP) is 1.76. The van der Waals surface area contributed by atoms with Gasteiger partial charge in [-0.25, -0.2) is 8.42 Å². The minimum absolute atomic E-state index is 0.0753. The van der Waals surface area contributed by atoms with Gasteiger partial charge in [0.15, 0.2) is 0 Å². The molecule has 0 spiro atoms. The van der Waals surface area contributed by atoms with Gasteiger partial charge in [0.25, 0.3) is 0 Å². The second-order valence-corrected chi connectivity index (χ2v) is 7.16. The second kappa shape index (κ2) is 3.99. The summed E-state index contributed by atoms with van der Waals surface area (Å²) in [6.45, 7) is 0.571. The minimum Gasteiger partial charge on any atom is -0.378 e. The van der Waals surface area contributed by atoms with Crippen molar-refractivity contribution in [1.82, 2.24) is 0 Å². The molecule has 0 heterocycles. The van der Waals surface area contributed by atoms with Crippen LogP contribution in [0.5, 0.6) is 0 Å². The molecule has 2 aliphatic carbocycles. The first-order valence-electron chi connectivity index (χ1n) is 5.08. The second-order valence-electron chi connectivity index (χ2n) is 4.34. The van der Waals surface area contributed by atoms with Crippen molar-refractivity contribution in [2.45, 2.75) is 31.8 Å². The van der Waals surface area contributed by atoms with Crippen LogP contribution in [-0.4, -0.2) is 26.9 Å². The molecule has 1 unspecified atom stereocenters. The normalized spacial score (nSPS) is 24.9. The van der Waals surface area contributed by atoms with Gasteiger partial charge >= 0.3 is 0 Å². The average molecular weight is 239 g/mol. The molecule has 0 radical (unpaired) electrons. The zero-order valence-corrected chi connectivity index (χ0v) is 9.56. The van der Waals surface area contributed by atoms with Crippen LogP contribution in [0.2, 0.25) is 0 Å². The van der Waals surface area contributed by atoms with Crippen molar-refractivity contribution in [2.75, 3.05) is 12.4 Å². The third-order valence-electron chi connectivity index (χ3n) is 2.77. The maximum atomic E-state index is 10.9. The van der Waals surface area contributed by atoms with Crippen molar-refractivity contribution in [1.29, 1.82) is 0 Å². The van der Waals surface area contributed by atoms with Gasteiger partial charge in [-0.1, -0.05) is 0 Å². The zero-order chi connectivity index (χ0) is 10.2. The Kier molecular flexibility index (Phi) is 3.05. The van der Waals surface area contributed by atoms with Crippen LogP contribution in [0, 0.1) is 11.8 Å². The van der Waals surface area contributed by atoms with E-state index in [1.165, 1.54) is 0 Å². The lowest BCUT2D eigenvalue weighted by molar-refractivity contribution is 0.0858. The van der Waals surface area contributed by atoms with Gasteiger partial charge in [-0.2, -0.15) is 0 Å². The lowest BCUT2D eigenvalue weighted by atomic mass is 10.1. The molecule has 2 saturated carbocycles. The Morgan fingerprint density at radius 3 is 2.36 bits per heavy atom. The lowest BCUT2D eigenvalue weighted by Crippen LogP contribution is -2.20. The van der Waals surface area contributed by atoms with Crippen molar-refractivity contribution in [2.24, 2.45) is 11.8 Å². The molecule has 0 N–H and O–H groups in total. The number of hydrogen-bond acceptors (Lipinski definition) is 3. The van der Waals surface area contributed by atoms with Gasteiger partial charge in [-0.15, -0.1) is 0 Å². The van der Waals surface area contributed by atoms with Crippen molar-refractivity contribution in [3.05, 3.63) is 0 Å². The average Bonchev–Trinajstić information content (AvgIpc) is 2.87. The number of halogens is 1. The molecule has 2 rings (SSSR count). The van der Waals surface area contributed by atoms with Crippen molar-refractivity contribution in [3.8, 4) is 0 Å². The van der Waals surface area contributed by atoms with Crippen LogP contribution in [-0.2, 0) is 13.8 Å². The van der Waals surface area contributed by atoms with E-state index >= 15 is 0 Å². The maximum absolute atomic E-state index is 10.9. The van der Waals surface area contributed by atoms with Crippen molar-refractivity contribution in [3.63, 3.8) is 0 Å². The molecule has 0 saturated heterocycles. The molecule has 0 aromatic heterocycles. The van der Waals surface area contributed by atoms with E-state index in [1.807, 2.05) is 0 Å². The van der Waals surface area contributed by atoms with Gasteiger partial charge in [0.1, 0.15) is 0 Å². The highest BCUT2D eigenvalue weighted by molar-refractivity contribution is 8.13. The van der Waals surface area contributed by atoms with Gasteiger partial charge < -0.3 is 4.74 Å². The number of hydrogen-bond donors (Lipinski definition) is 0. The standard InChI is InChI=1S/C9H15ClO3S/c10-14(11,12)6-8(7-1-2-7)5-13-9-3-4-9/h7-9H,1-6H2. The SMILES string of the molecule is O=S(=O)(Cl)CC(COC1CC1)C1CC1. The van der Waals surface area contributed by atoms with Gasteiger partial charge in [-0.3, -0.25) is 0 Å². The summed E-state index contributed by atoms with van der Waals surface area (Å²) in [5.74, 6) is 0.728. The monoisotopic (exact) mass is 238 g/mol. The summed E-state index contributed by atoms with van der Waals surface area (Å²) in [7, 11) is 1.88. The minimum atomic E-state index is -3.36. The molecular formula is C9H15ClO3S. The van der Waals surface area contributed by atoms with Gasteiger partial charge in [0.2, 0.25) is 9.05 Å². The van der Waals surface area contributed by atoms with E-state index in [-0.39, 0.29) is 11.7 Å². The van der Waals surface area contributed by atoms with E-state index in [4.69, 9.17) is 15.4 Å². The maximum Gasteiger partial charge on any atom is 0.232 e. The van der Waals surface area contributed by atoms with Gasteiger partial charge in [0.05, 0.1) is 18.5 Å². The fourth-order valence-corrected chi connectivity index (χ4v) is 3.00. The van der Waals surface area contributed by atoms with Crippen LogP contribution >= 0.6 is 10.7 Å². The van der Waals surface area contributed by atoms with Crippen LogP contribution in [0.25, 0.3) is 0 Å².